The van der Waals surface area contributed by atoms with Crippen molar-refractivity contribution >= 4 is 11.6 Å². The second-order valence-electron chi connectivity index (χ2n) is 3.73. The van der Waals surface area contributed by atoms with Crippen molar-refractivity contribution in [1.29, 1.82) is 0 Å². The van der Waals surface area contributed by atoms with Crippen LogP contribution in [0.2, 0.25) is 0 Å². The minimum Gasteiger partial charge on any atom is -0.396 e. The van der Waals surface area contributed by atoms with Crippen molar-refractivity contribution in [1.82, 2.24) is 14.7 Å². The molecule has 0 bridgehead atoms. The summed E-state index contributed by atoms with van der Waals surface area (Å²) in [5.41, 5.74) is 6.60. The van der Waals surface area contributed by atoms with Gasteiger partial charge in [0.1, 0.15) is 5.69 Å². The molecule has 3 N–H and O–H groups in total. The van der Waals surface area contributed by atoms with Crippen LogP contribution in [0.4, 0.5) is 5.69 Å². The number of carbonyl (C=O) groups excluding carboxylic acids is 1. The Labute approximate surface area is 101 Å². The summed E-state index contributed by atoms with van der Waals surface area (Å²) in [5.74, 6) is -0.127. The van der Waals surface area contributed by atoms with Crippen LogP contribution in [0.1, 0.15) is 30.8 Å². The lowest BCUT2D eigenvalue weighted by Gasteiger charge is -2.21. The maximum atomic E-state index is 12.2. The van der Waals surface area contributed by atoms with Gasteiger partial charge in [0.15, 0.2) is 0 Å². The van der Waals surface area contributed by atoms with Crippen molar-refractivity contribution in [2.45, 2.75) is 26.8 Å². The van der Waals surface area contributed by atoms with E-state index in [0.717, 1.165) is 0 Å². The fraction of sp³-hybridized carbons (Fsp3) is 0.636. The Hall–Kier alpha value is -1.56. The molecule has 1 heterocycles. The molecule has 1 aromatic rings. The first kappa shape index (κ1) is 13.5. The predicted octanol–water partition coefficient (Wildman–Crippen LogP) is 0.330. The molecule has 0 fully saturated rings. The molecule has 1 aromatic heterocycles. The van der Waals surface area contributed by atoms with Gasteiger partial charge < -0.3 is 15.7 Å². The number of amides is 1. The summed E-state index contributed by atoms with van der Waals surface area (Å²) < 4.78 is 1.60. The quantitative estimate of drug-likeness (QED) is 0.750. The van der Waals surface area contributed by atoms with Gasteiger partial charge in [0.2, 0.25) is 0 Å². The molecular formula is C11H20N4O2. The number of aliphatic hydroxyl groups excluding tert-OH is 1. The first-order valence-electron chi connectivity index (χ1n) is 5.87. The van der Waals surface area contributed by atoms with Gasteiger partial charge >= 0.3 is 0 Å². The van der Waals surface area contributed by atoms with Gasteiger partial charge in [-0.25, -0.2) is 0 Å². The van der Waals surface area contributed by atoms with Crippen molar-refractivity contribution in [2.75, 3.05) is 25.4 Å². The highest BCUT2D eigenvalue weighted by Crippen LogP contribution is 2.14. The third kappa shape index (κ3) is 2.97. The fourth-order valence-corrected chi connectivity index (χ4v) is 1.69. The Bertz CT molecular complexity index is 376. The van der Waals surface area contributed by atoms with E-state index in [1.54, 1.807) is 9.58 Å². The summed E-state index contributed by atoms with van der Waals surface area (Å²) in [6.07, 6.45) is 2.07. The van der Waals surface area contributed by atoms with Crippen LogP contribution in [0.25, 0.3) is 0 Å². The summed E-state index contributed by atoms with van der Waals surface area (Å²) in [7, 11) is 0. The van der Waals surface area contributed by atoms with Gasteiger partial charge in [0, 0.05) is 26.2 Å². The maximum absolute atomic E-state index is 12.2. The average molecular weight is 240 g/mol. The third-order valence-corrected chi connectivity index (χ3v) is 2.62. The van der Waals surface area contributed by atoms with E-state index in [0.29, 0.717) is 37.4 Å². The molecule has 0 aromatic carbocycles. The molecule has 0 radical (unpaired) electrons. The molecule has 0 atom stereocenters. The van der Waals surface area contributed by atoms with Crippen molar-refractivity contribution < 1.29 is 9.90 Å². The minimum atomic E-state index is -0.127. The van der Waals surface area contributed by atoms with Crippen molar-refractivity contribution in [3.63, 3.8) is 0 Å². The van der Waals surface area contributed by atoms with Gasteiger partial charge in [-0.05, 0) is 20.3 Å². The molecular weight excluding hydrogens is 220 g/mol. The van der Waals surface area contributed by atoms with Gasteiger partial charge in [0.25, 0.3) is 5.91 Å². The van der Waals surface area contributed by atoms with Gasteiger partial charge in [-0.2, -0.15) is 5.10 Å². The van der Waals surface area contributed by atoms with Gasteiger partial charge in [-0.1, -0.05) is 0 Å². The lowest BCUT2D eigenvalue weighted by molar-refractivity contribution is 0.0743. The molecule has 6 heteroatoms. The summed E-state index contributed by atoms with van der Waals surface area (Å²) in [6, 6.07) is 0. The molecule has 0 aliphatic rings. The summed E-state index contributed by atoms with van der Waals surface area (Å²) >= 11 is 0. The minimum absolute atomic E-state index is 0.0757. The number of carbonyl (C=O) groups is 1. The van der Waals surface area contributed by atoms with Crippen LogP contribution in [0.5, 0.6) is 0 Å². The fourth-order valence-electron chi connectivity index (χ4n) is 1.69. The lowest BCUT2D eigenvalue weighted by Crippen LogP contribution is -2.34. The molecule has 6 nitrogen and oxygen atoms in total. The number of nitrogens with two attached hydrogens (primary N) is 1. The molecule has 1 rings (SSSR count). The zero-order valence-electron chi connectivity index (χ0n) is 10.4. The van der Waals surface area contributed by atoms with Crippen molar-refractivity contribution in [3.8, 4) is 0 Å². The number of hydrogen-bond donors (Lipinski definition) is 2. The smallest absolute Gasteiger partial charge is 0.274 e. The van der Waals surface area contributed by atoms with E-state index in [1.807, 2.05) is 13.8 Å². The molecule has 96 valence electrons. The van der Waals surface area contributed by atoms with Crippen LogP contribution >= 0.6 is 0 Å². The number of nitrogen functional groups attached to an aromatic ring is 1. The Kier molecular flexibility index (Phi) is 4.96. The normalized spacial score (nSPS) is 10.5. The van der Waals surface area contributed by atoms with Crippen molar-refractivity contribution in [3.05, 3.63) is 11.9 Å². The number of rotatable bonds is 6. The van der Waals surface area contributed by atoms with Crippen LogP contribution < -0.4 is 5.73 Å². The van der Waals surface area contributed by atoms with Crippen LogP contribution in [-0.4, -0.2) is 45.4 Å². The Morgan fingerprint density at radius 2 is 2.29 bits per heavy atom. The molecule has 0 spiro atoms. The average Bonchev–Trinajstić information content (AvgIpc) is 2.71. The Morgan fingerprint density at radius 1 is 1.59 bits per heavy atom. The molecule has 1 amide bonds. The van der Waals surface area contributed by atoms with Crippen molar-refractivity contribution in [2.24, 2.45) is 0 Å². The SMILES string of the molecule is CCN(CCCO)C(=O)c1c(N)cnn1CC. The largest absolute Gasteiger partial charge is 0.396 e. The number of anilines is 1. The second kappa shape index (κ2) is 6.24. The topological polar surface area (TPSA) is 84.4 Å². The van der Waals surface area contributed by atoms with E-state index in [2.05, 4.69) is 5.10 Å². The van der Waals surface area contributed by atoms with Crippen LogP contribution in [-0.2, 0) is 6.54 Å². The number of aliphatic hydroxyl groups is 1. The molecule has 0 saturated heterocycles. The van der Waals surface area contributed by atoms with Gasteiger partial charge in [-0.15, -0.1) is 0 Å². The van der Waals surface area contributed by atoms with E-state index in [-0.39, 0.29) is 12.5 Å². The third-order valence-electron chi connectivity index (χ3n) is 2.62. The van der Waals surface area contributed by atoms with E-state index < -0.39 is 0 Å². The van der Waals surface area contributed by atoms with Crippen LogP contribution in [0.3, 0.4) is 0 Å². The molecule has 0 unspecified atom stereocenters. The van der Waals surface area contributed by atoms with E-state index in [1.165, 1.54) is 6.20 Å². The first-order valence-corrected chi connectivity index (χ1v) is 5.87. The number of aromatic nitrogens is 2. The Morgan fingerprint density at radius 3 is 2.82 bits per heavy atom. The first-order chi connectivity index (χ1) is 8.15. The lowest BCUT2D eigenvalue weighted by atomic mass is 10.3. The highest BCUT2D eigenvalue weighted by Gasteiger charge is 2.20. The van der Waals surface area contributed by atoms with E-state index in [9.17, 15) is 4.79 Å². The summed E-state index contributed by atoms with van der Waals surface area (Å²) in [6.45, 7) is 5.61. The number of aryl methyl sites for hydroxylation is 1. The van der Waals surface area contributed by atoms with Gasteiger partial charge in [0.05, 0.1) is 11.9 Å². The van der Waals surface area contributed by atoms with Crippen LogP contribution in [0, 0.1) is 0 Å². The maximum Gasteiger partial charge on any atom is 0.274 e. The highest BCUT2D eigenvalue weighted by atomic mass is 16.3. The second-order valence-corrected chi connectivity index (χ2v) is 3.73. The number of nitrogens with zero attached hydrogens (tertiary/aromatic N) is 3. The summed E-state index contributed by atoms with van der Waals surface area (Å²) in [4.78, 5) is 13.9. The standard InChI is InChI=1S/C11H20N4O2/c1-3-14(6-5-7-16)11(17)10-9(12)8-13-15(10)4-2/h8,16H,3-7,12H2,1-2H3. The predicted molar refractivity (Wildman–Crippen MR) is 65.6 cm³/mol. The van der Waals surface area contributed by atoms with Crippen LogP contribution in [0.15, 0.2) is 6.20 Å². The molecule has 0 aliphatic carbocycles. The molecule has 0 aliphatic heterocycles. The zero-order chi connectivity index (χ0) is 12.8. The molecule has 17 heavy (non-hydrogen) atoms. The summed E-state index contributed by atoms with van der Waals surface area (Å²) in [5, 5.41) is 12.8. The molecule has 0 saturated carbocycles. The van der Waals surface area contributed by atoms with E-state index in [4.69, 9.17) is 10.8 Å². The van der Waals surface area contributed by atoms with E-state index >= 15 is 0 Å². The zero-order valence-corrected chi connectivity index (χ0v) is 10.4. The highest BCUT2D eigenvalue weighted by molar-refractivity contribution is 5.97. The monoisotopic (exact) mass is 240 g/mol. The Balaban J connectivity index is 2.89. The number of hydrogen-bond acceptors (Lipinski definition) is 4. The van der Waals surface area contributed by atoms with Gasteiger partial charge in [-0.3, -0.25) is 9.48 Å².